The summed E-state index contributed by atoms with van der Waals surface area (Å²) in [6.07, 6.45) is 2.99. The summed E-state index contributed by atoms with van der Waals surface area (Å²) < 4.78 is 18.8. The number of para-hydroxylation sites is 1. The summed E-state index contributed by atoms with van der Waals surface area (Å²) in [6, 6.07) is 7.25. The van der Waals surface area contributed by atoms with E-state index in [2.05, 4.69) is 18.7 Å². The molecular weight excluding hydrogens is 257 g/mol. The fourth-order valence-corrected chi connectivity index (χ4v) is 2.88. The van der Waals surface area contributed by atoms with Gasteiger partial charge in [-0.1, -0.05) is 18.6 Å². The summed E-state index contributed by atoms with van der Waals surface area (Å²) >= 11 is 0. The second-order valence-corrected chi connectivity index (χ2v) is 5.72. The molecule has 0 amide bonds. The topological polar surface area (TPSA) is 32.7 Å². The third-order valence-electron chi connectivity index (χ3n) is 4.07. The standard InChI is InChI=1S/C16H24FNO2/c1-12-6-5-7-13(2)18(12)10-14(19)11-20-16-9-4-3-8-15(16)17/h3-4,8-9,12-14,19H,5-7,10-11H2,1-2H3/t12-,13+,14-/m1/s1. The van der Waals surface area contributed by atoms with Crippen LogP contribution in [-0.4, -0.2) is 41.3 Å². The van der Waals surface area contributed by atoms with E-state index < -0.39 is 6.10 Å². The zero-order chi connectivity index (χ0) is 14.5. The largest absolute Gasteiger partial charge is 0.488 e. The van der Waals surface area contributed by atoms with E-state index in [-0.39, 0.29) is 18.2 Å². The van der Waals surface area contributed by atoms with Gasteiger partial charge in [0.1, 0.15) is 12.7 Å². The number of β-amino-alcohol motifs (C(OH)–C–C–N with tert-alkyl or cyclic N) is 1. The molecule has 2 rings (SSSR count). The van der Waals surface area contributed by atoms with Gasteiger partial charge in [0, 0.05) is 18.6 Å². The third-order valence-corrected chi connectivity index (χ3v) is 4.07. The number of hydrogen-bond acceptors (Lipinski definition) is 3. The number of benzene rings is 1. The Bertz CT molecular complexity index is 417. The molecule has 0 aromatic heterocycles. The zero-order valence-electron chi connectivity index (χ0n) is 12.3. The van der Waals surface area contributed by atoms with Gasteiger partial charge in [-0.15, -0.1) is 0 Å². The van der Waals surface area contributed by atoms with E-state index in [0.29, 0.717) is 18.6 Å². The number of aliphatic hydroxyl groups is 1. The van der Waals surface area contributed by atoms with Crippen LogP contribution in [0.4, 0.5) is 4.39 Å². The molecule has 0 aliphatic carbocycles. The van der Waals surface area contributed by atoms with Gasteiger partial charge in [-0.05, 0) is 38.8 Å². The van der Waals surface area contributed by atoms with E-state index in [9.17, 15) is 9.50 Å². The maximum absolute atomic E-state index is 13.4. The number of rotatable bonds is 5. The van der Waals surface area contributed by atoms with Crippen LogP contribution in [0.5, 0.6) is 5.75 Å². The van der Waals surface area contributed by atoms with Crippen molar-refractivity contribution >= 4 is 0 Å². The minimum absolute atomic E-state index is 0.122. The Balaban J connectivity index is 1.83. The molecule has 1 saturated heterocycles. The molecule has 112 valence electrons. The molecule has 1 aromatic carbocycles. The van der Waals surface area contributed by atoms with Gasteiger partial charge in [0.2, 0.25) is 0 Å². The van der Waals surface area contributed by atoms with E-state index in [0.717, 1.165) is 0 Å². The highest BCUT2D eigenvalue weighted by molar-refractivity contribution is 5.23. The Labute approximate surface area is 120 Å². The molecule has 1 aliphatic heterocycles. The number of nitrogens with zero attached hydrogens (tertiary/aromatic N) is 1. The first-order valence-electron chi connectivity index (χ1n) is 7.39. The normalized spacial score (nSPS) is 25.4. The Morgan fingerprint density at radius 3 is 2.60 bits per heavy atom. The predicted octanol–water partition coefficient (Wildman–Crippen LogP) is 2.83. The maximum atomic E-state index is 13.4. The molecule has 1 N–H and O–H groups in total. The summed E-state index contributed by atoms with van der Waals surface area (Å²) in [4.78, 5) is 2.32. The van der Waals surface area contributed by atoms with Crippen LogP contribution in [0.2, 0.25) is 0 Å². The van der Waals surface area contributed by atoms with Gasteiger partial charge in [-0.25, -0.2) is 4.39 Å². The van der Waals surface area contributed by atoms with Gasteiger partial charge in [-0.2, -0.15) is 0 Å². The van der Waals surface area contributed by atoms with Crippen LogP contribution in [0.3, 0.4) is 0 Å². The molecule has 3 nitrogen and oxygen atoms in total. The predicted molar refractivity (Wildman–Crippen MR) is 77.4 cm³/mol. The summed E-state index contributed by atoms with van der Waals surface area (Å²) in [5.74, 6) is -0.189. The minimum Gasteiger partial charge on any atom is -0.488 e. The molecule has 0 bridgehead atoms. The van der Waals surface area contributed by atoms with Crippen LogP contribution >= 0.6 is 0 Å². The first-order chi connectivity index (χ1) is 9.58. The molecule has 20 heavy (non-hydrogen) atoms. The minimum atomic E-state index is -0.599. The van der Waals surface area contributed by atoms with Crippen molar-refractivity contribution in [1.29, 1.82) is 0 Å². The van der Waals surface area contributed by atoms with Gasteiger partial charge in [-0.3, -0.25) is 4.90 Å². The molecule has 1 aliphatic rings. The number of likely N-dealkylation sites (tertiary alicyclic amines) is 1. The Hall–Kier alpha value is -1.13. The summed E-state index contributed by atoms with van der Waals surface area (Å²) in [6.45, 7) is 5.09. The van der Waals surface area contributed by atoms with Crippen molar-refractivity contribution in [2.45, 2.75) is 51.3 Å². The second-order valence-electron chi connectivity index (χ2n) is 5.72. The van der Waals surface area contributed by atoms with Gasteiger partial charge in [0.25, 0.3) is 0 Å². The maximum Gasteiger partial charge on any atom is 0.165 e. The molecule has 0 unspecified atom stereocenters. The number of piperidine rings is 1. The van der Waals surface area contributed by atoms with Gasteiger partial charge < -0.3 is 9.84 Å². The van der Waals surface area contributed by atoms with Crippen molar-refractivity contribution in [2.75, 3.05) is 13.2 Å². The van der Waals surface area contributed by atoms with Gasteiger partial charge in [0.15, 0.2) is 11.6 Å². The van der Waals surface area contributed by atoms with Crippen molar-refractivity contribution in [3.05, 3.63) is 30.1 Å². The molecule has 0 spiro atoms. The van der Waals surface area contributed by atoms with Crippen molar-refractivity contribution in [3.63, 3.8) is 0 Å². The number of ether oxygens (including phenoxy) is 1. The first kappa shape index (κ1) is 15.3. The molecule has 1 aromatic rings. The van der Waals surface area contributed by atoms with E-state index in [1.165, 1.54) is 25.3 Å². The molecule has 4 heteroatoms. The summed E-state index contributed by atoms with van der Waals surface area (Å²) in [7, 11) is 0. The number of aliphatic hydroxyl groups excluding tert-OH is 1. The lowest BCUT2D eigenvalue weighted by molar-refractivity contribution is 0.0202. The molecule has 3 atom stereocenters. The fourth-order valence-electron chi connectivity index (χ4n) is 2.88. The lowest BCUT2D eigenvalue weighted by Gasteiger charge is -2.40. The lowest BCUT2D eigenvalue weighted by atomic mass is 9.97. The highest BCUT2D eigenvalue weighted by atomic mass is 19.1. The van der Waals surface area contributed by atoms with Crippen molar-refractivity contribution in [2.24, 2.45) is 0 Å². The molecule has 1 fully saturated rings. The quantitative estimate of drug-likeness (QED) is 0.901. The Kier molecular flexibility index (Phi) is 5.38. The Morgan fingerprint density at radius 2 is 1.95 bits per heavy atom. The highest BCUT2D eigenvalue weighted by Crippen LogP contribution is 2.22. The highest BCUT2D eigenvalue weighted by Gasteiger charge is 2.26. The average Bonchev–Trinajstić information content (AvgIpc) is 2.42. The third kappa shape index (κ3) is 3.93. The SMILES string of the molecule is C[C@@H]1CCC[C@H](C)N1C[C@@H](O)COc1ccccc1F. The van der Waals surface area contributed by atoms with Crippen LogP contribution < -0.4 is 4.74 Å². The van der Waals surface area contributed by atoms with Crippen molar-refractivity contribution < 1.29 is 14.2 Å². The smallest absolute Gasteiger partial charge is 0.165 e. The molecule has 1 heterocycles. The Morgan fingerprint density at radius 1 is 1.30 bits per heavy atom. The van der Waals surface area contributed by atoms with Crippen LogP contribution in [0.1, 0.15) is 33.1 Å². The fraction of sp³-hybridized carbons (Fsp3) is 0.625. The van der Waals surface area contributed by atoms with Crippen molar-refractivity contribution in [1.82, 2.24) is 4.90 Å². The monoisotopic (exact) mass is 281 g/mol. The van der Waals surface area contributed by atoms with E-state index >= 15 is 0 Å². The van der Waals surface area contributed by atoms with Crippen LogP contribution in [-0.2, 0) is 0 Å². The molecule has 0 saturated carbocycles. The van der Waals surface area contributed by atoms with Crippen LogP contribution in [0.15, 0.2) is 24.3 Å². The summed E-state index contributed by atoms with van der Waals surface area (Å²) in [5, 5.41) is 10.1. The average molecular weight is 281 g/mol. The van der Waals surface area contributed by atoms with Crippen LogP contribution in [0, 0.1) is 5.82 Å². The van der Waals surface area contributed by atoms with Crippen molar-refractivity contribution in [3.8, 4) is 5.75 Å². The van der Waals surface area contributed by atoms with E-state index in [4.69, 9.17) is 4.74 Å². The van der Waals surface area contributed by atoms with E-state index in [1.807, 2.05) is 0 Å². The van der Waals surface area contributed by atoms with Gasteiger partial charge in [0.05, 0.1) is 0 Å². The first-order valence-corrected chi connectivity index (χ1v) is 7.39. The zero-order valence-corrected chi connectivity index (χ0v) is 12.3. The second kappa shape index (κ2) is 7.04. The molecular formula is C16H24FNO2. The number of halogens is 1. The lowest BCUT2D eigenvalue weighted by Crippen LogP contribution is -2.48. The van der Waals surface area contributed by atoms with Crippen LogP contribution in [0.25, 0.3) is 0 Å². The molecule has 0 radical (unpaired) electrons. The van der Waals surface area contributed by atoms with E-state index in [1.54, 1.807) is 18.2 Å². The number of hydrogen-bond donors (Lipinski definition) is 1. The van der Waals surface area contributed by atoms with Gasteiger partial charge >= 0.3 is 0 Å². The summed E-state index contributed by atoms with van der Waals surface area (Å²) in [5.41, 5.74) is 0.